The van der Waals surface area contributed by atoms with Gasteiger partial charge in [0.25, 0.3) is 0 Å². The Balaban J connectivity index is 0. The molecule has 0 aliphatic rings. The maximum absolute atomic E-state index is 10.1. The molecular weight excluding hydrogens is 220 g/mol. The van der Waals surface area contributed by atoms with Gasteiger partial charge in [-0.25, -0.2) is 0 Å². The van der Waals surface area contributed by atoms with Crippen LogP contribution < -0.4 is 5.90 Å². The van der Waals surface area contributed by atoms with Crippen molar-refractivity contribution in [2.75, 3.05) is 6.61 Å². The van der Waals surface area contributed by atoms with Crippen molar-refractivity contribution in [1.82, 2.24) is 0 Å². The van der Waals surface area contributed by atoms with E-state index in [1.165, 1.54) is 0 Å². The van der Waals surface area contributed by atoms with Gasteiger partial charge >= 0.3 is 8.25 Å². The van der Waals surface area contributed by atoms with Crippen LogP contribution in [0.2, 0.25) is 0 Å². The van der Waals surface area contributed by atoms with Gasteiger partial charge in [-0.05, 0) is 11.0 Å². The average Bonchev–Trinajstić information content (AvgIpc) is 1.83. The molecule has 0 heterocycles. The van der Waals surface area contributed by atoms with Gasteiger partial charge in [0.2, 0.25) is 0 Å². The summed E-state index contributed by atoms with van der Waals surface area (Å²) in [5.74, 6) is 4.50. The van der Waals surface area contributed by atoms with E-state index in [1.54, 1.807) is 0 Å². The minimum atomic E-state index is -2.06. The van der Waals surface area contributed by atoms with Gasteiger partial charge in [0.1, 0.15) is 6.61 Å². The summed E-state index contributed by atoms with van der Waals surface area (Å²) in [6.07, 6.45) is 0.810. The quantitative estimate of drug-likeness (QED) is 0.576. The summed E-state index contributed by atoms with van der Waals surface area (Å²) >= 11 is 0. The summed E-state index contributed by atoms with van der Waals surface area (Å²) in [6.45, 7) is 2.33. The van der Waals surface area contributed by atoms with Crippen molar-refractivity contribution in [3.8, 4) is 0 Å². The molecule has 52 valence electrons. The first-order chi connectivity index (χ1) is 3.81. The van der Waals surface area contributed by atoms with Gasteiger partial charge in [0, 0.05) is 30.8 Å². The third-order valence-electron chi connectivity index (χ3n) is 0.487. The van der Waals surface area contributed by atoms with E-state index in [-0.39, 0.29) is 26.2 Å². The topological polar surface area (TPSA) is 61.5 Å². The SMILES string of the molecule is CCCO[P+](=O)ON.[Zr]. The van der Waals surface area contributed by atoms with Gasteiger partial charge in [-0.3, -0.25) is 0 Å². The van der Waals surface area contributed by atoms with E-state index in [0.29, 0.717) is 6.61 Å². The molecule has 0 aromatic heterocycles. The predicted octanol–water partition coefficient (Wildman–Crippen LogP) is 0.958. The monoisotopic (exact) mass is 228 g/mol. The first-order valence-corrected chi connectivity index (χ1v) is 3.37. The van der Waals surface area contributed by atoms with Crippen molar-refractivity contribution in [2.24, 2.45) is 5.90 Å². The molecule has 0 aromatic carbocycles. The summed E-state index contributed by atoms with van der Waals surface area (Å²) in [5.41, 5.74) is 0. The molecule has 0 rings (SSSR count). The van der Waals surface area contributed by atoms with Crippen LogP contribution >= 0.6 is 8.25 Å². The molecule has 0 amide bonds. The molecule has 0 aliphatic heterocycles. The number of hydrogen-bond donors (Lipinski definition) is 1. The molecule has 2 N–H and O–H groups in total. The third kappa shape index (κ3) is 8.86. The fourth-order valence-corrected chi connectivity index (χ4v) is 0.589. The zero-order chi connectivity index (χ0) is 6.41. The van der Waals surface area contributed by atoms with Crippen molar-refractivity contribution in [2.45, 2.75) is 13.3 Å². The second-order valence-electron chi connectivity index (χ2n) is 1.16. The molecule has 0 saturated heterocycles. The van der Waals surface area contributed by atoms with Crippen molar-refractivity contribution in [1.29, 1.82) is 0 Å². The Morgan fingerprint density at radius 3 is 2.56 bits per heavy atom. The van der Waals surface area contributed by atoms with Crippen LogP contribution in [0.5, 0.6) is 0 Å². The first-order valence-electron chi connectivity index (χ1n) is 2.28. The van der Waals surface area contributed by atoms with Gasteiger partial charge < -0.3 is 0 Å². The van der Waals surface area contributed by atoms with Crippen LogP contribution in [0.3, 0.4) is 0 Å². The van der Waals surface area contributed by atoms with Crippen LogP contribution in [0, 0.1) is 0 Å². The minimum absolute atomic E-state index is 0. The maximum atomic E-state index is 10.1. The number of hydrogen-bond acceptors (Lipinski definition) is 4. The summed E-state index contributed by atoms with van der Waals surface area (Å²) in [5, 5.41) is 0. The van der Waals surface area contributed by atoms with Gasteiger partial charge in [-0.15, -0.1) is 4.52 Å². The molecule has 1 atom stereocenters. The van der Waals surface area contributed by atoms with Crippen LogP contribution in [0.1, 0.15) is 13.3 Å². The van der Waals surface area contributed by atoms with E-state index >= 15 is 0 Å². The van der Waals surface area contributed by atoms with E-state index < -0.39 is 8.25 Å². The molecule has 0 saturated carbocycles. The Bertz CT molecular complexity index is 81.5. The Morgan fingerprint density at radius 2 is 2.22 bits per heavy atom. The van der Waals surface area contributed by atoms with Gasteiger partial charge in [0.05, 0.1) is 0 Å². The van der Waals surface area contributed by atoms with Gasteiger partial charge in [-0.2, -0.15) is 5.90 Å². The zero-order valence-corrected chi connectivity index (χ0v) is 8.52. The minimum Gasteiger partial charge on any atom is -0.162 e. The molecule has 0 fully saturated rings. The predicted molar refractivity (Wildman–Crippen MR) is 29.1 cm³/mol. The first kappa shape index (κ1) is 12.5. The van der Waals surface area contributed by atoms with Crippen LogP contribution in [0.25, 0.3) is 0 Å². The number of rotatable bonds is 4. The molecular formula is C3H9NO3PZr+. The Labute approximate surface area is 74.1 Å². The van der Waals surface area contributed by atoms with Gasteiger partial charge in [0.15, 0.2) is 0 Å². The fraction of sp³-hybridized carbons (Fsp3) is 1.00. The molecule has 9 heavy (non-hydrogen) atoms. The van der Waals surface area contributed by atoms with Crippen LogP contribution in [-0.4, -0.2) is 6.61 Å². The fourth-order valence-electron chi connectivity index (χ4n) is 0.196. The average molecular weight is 229 g/mol. The van der Waals surface area contributed by atoms with Crippen molar-refractivity contribution in [3.05, 3.63) is 0 Å². The molecule has 4 nitrogen and oxygen atoms in total. The smallest absolute Gasteiger partial charge is 0.162 e. The summed E-state index contributed by atoms with van der Waals surface area (Å²) in [7, 11) is -2.06. The molecule has 0 bridgehead atoms. The molecule has 0 radical (unpaired) electrons. The largest absolute Gasteiger partial charge is 0.716 e. The van der Waals surface area contributed by atoms with E-state index in [2.05, 4.69) is 15.0 Å². The van der Waals surface area contributed by atoms with Crippen molar-refractivity contribution in [3.63, 3.8) is 0 Å². The molecule has 0 aliphatic carbocycles. The summed E-state index contributed by atoms with van der Waals surface area (Å²) in [4.78, 5) is 0. The Kier molecular flexibility index (Phi) is 12.3. The van der Waals surface area contributed by atoms with Crippen LogP contribution in [-0.2, 0) is 39.9 Å². The maximum Gasteiger partial charge on any atom is 0.716 e. The second kappa shape index (κ2) is 8.86. The van der Waals surface area contributed by atoms with Crippen LogP contribution in [0.4, 0.5) is 0 Å². The molecule has 0 spiro atoms. The summed E-state index contributed by atoms with van der Waals surface area (Å²) < 4.78 is 18.5. The van der Waals surface area contributed by atoms with Crippen LogP contribution in [0.15, 0.2) is 0 Å². The van der Waals surface area contributed by atoms with E-state index in [4.69, 9.17) is 0 Å². The molecule has 6 heteroatoms. The number of nitrogens with two attached hydrogens (primary N) is 1. The molecule has 0 aromatic rings. The van der Waals surface area contributed by atoms with Gasteiger partial charge in [-0.1, -0.05) is 6.92 Å². The Hall–Kier alpha value is 0.863. The normalized spacial score (nSPS) is 10.2. The van der Waals surface area contributed by atoms with E-state index in [0.717, 1.165) is 6.42 Å². The summed E-state index contributed by atoms with van der Waals surface area (Å²) in [6, 6.07) is 0. The molecule has 1 unspecified atom stereocenters. The second-order valence-corrected chi connectivity index (χ2v) is 2.08. The van der Waals surface area contributed by atoms with E-state index in [1.807, 2.05) is 6.92 Å². The van der Waals surface area contributed by atoms with Crippen molar-refractivity contribution >= 4 is 8.25 Å². The van der Waals surface area contributed by atoms with Crippen molar-refractivity contribution < 1.29 is 39.9 Å². The third-order valence-corrected chi connectivity index (χ3v) is 1.05. The van der Waals surface area contributed by atoms with E-state index in [9.17, 15) is 4.57 Å². The zero-order valence-electron chi connectivity index (χ0n) is 5.16. The Morgan fingerprint density at radius 1 is 1.67 bits per heavy atom. The standard InChI is InChI=1S/C3H9NO3P.Zr/c1-2-3-6-8(5)7-4;/h2-4H2,1H3;/q+1;.